The number of hydrogen-bond donors (Lipinski definition) is 1. The lowest BCUT2D eigenvalue weighted by Crippen LogP contribution is -2.25. The molecule has 0 atom stereocenters. The quantitative estimate of drug-likeness (QED) is 0.885. The minimum Gasteiger partial charge on any atom is -0.481 e. The van der Waals surface area contributed by atoms with Crippen molar-refractivity contribution in [3.05, 3.63) is 29.3 Å². The monoisotopic (exact) mass is 247 g/mol. The van der Waals surface area contributed by atoms with Crippen molar-refractivity contribution in [3.63, 3.8) is 0 Å². The van der Waals surface area contributed by atoms with Gasteiger partial charge >= 0.3 is 5.97 Å². The highest BCUT2D eigenvalue weighted by atomic mass is 16.4. The van der Waals surface area contributed by atoms with Gasteiger partial charge < -0.3 is 10.0 Å². The Labute approximate surface area is 106 Å². The second-order valence-electron chi connectivity index (χ2n) is 4.63. The van der Waals surface area contributed by atoms with Crippen LogP contribution in [0.3, 0.4) is 0 Å². The largest absolute Gasteiger partial charge is 0.481 e. The number of nitrogens with zero attached hydrogens (tertiary/aromatic N) is 1. The number of fused-ring (bicyclic) bond motifs is 1. The highest BCUT2D eigenvalue weighted by Gasteiger charge is 2.21. The van der Waals surface area contributed by atoms with Gasteiger partial charge in [-0.2, -0.15) is 0 Å². The molecule has 0 aliphatic carbocycles. The Bertz CT molecular complexity index is 482. The number of carbonyl (C=O) groups excluding carboxylic acids is 1. The lowest BCUT2D eigenvalue weighted by atomic mass is 10.0. The van der Waals surface area contributed by atoms with Crippen molar-refractivity contribution in [2.24, 2.45) is 0 Å². The predicted octanol–water partition coefficient (Wildman–Crippen LogP) is 2.00. The van der Waals surface area contributed by atoms with E-state index in [9.17, 15) is 9.59 Å². The van der Waals surface area contributed by atoms with Gasteiger partial charge in [0.15, 0.2) is 0 Å². The first kappa shape index (κ1) is 12.6. The van der Waals surface area contributed by atoms with E-state index in [2.05, 4.69) is 0 Å². The van der Waals surface area contributed by atoms with Crippen molar-refractivity contribution < 1.29 is 14.7 Å². The Morgan fingerprint density at radius 1 is 1.39 bits per heavy atom. The van der Waals surface area contributed by atoms with Gasteiger partial charge in [-0.3, -0.25) is 9.59 Å². The summed E-state index contributed by atoms with van der Waals surface area (Å²) < 4.78 is 0. The SMILES string of the molecule is CC(=O)N1CCc2ccc(CCCC(=O)O)cc21. The molecule has 4 nitrogen and oxygen atoms in total. The predicted molar refractivity (Wildman–Crippen MR) is 68.7 cm³/mol. The van der Waals surface area contributed by atoms with Crippen molar-refractivity contribution >= 4 is 17.6 Å². The summed E-state index contributed by atoms with van der Waals surface area (Å²) in [5.74, 6) is -0.696. The smallest absolute Gasteiger partial charge is 0.303 e. The van der Waals surface area contributed by atoms with Gasteiger partial charge in [0.2, 0.25) is 5.91 Å². The van der Waals surface area contributed by atoms with Crippen LogP contribution >= 0.6 is 0 Å². The summed E-state index contributed by atoms with van der Waals surface area (Å²) in [7, 11) is 0. The molecule has 1 aromatic rings. The summed E-state index contributed by atoms with van der Waals surface area (Å²) in [5.41, 5.74) is 3.30. The second kappa shape index (κ2) is 5.21. The summed E-state index contributed by atoms with van der Waals surface area (Å²) >= 11 is 0. The fourth-order valence-electron chi connectivity index (χ4n) is 2.35. The van der Waals surface area contributed by atoms with Crippen LogP contribution in [0.15, 0.2) is 18.2 Å². The number of hydrogen-bond acceptors (Lipinski definition) is 2. The van der Waals surface area contributed by atoms with Crippen molar-refractivity contribution in [2.75, 3.05) is 11.4 Å². The van der Waals surface area contributed by atoms with Crippen LogP contribution in [0.25, 0.3) is 0 Å². The highest BCUT2D eigenvalue weighted by Crippen LogP contribution is 2.29. The van der Waals surface area contributed by atoms with Crippen LogP contribution in [0.5, 0.6) is 0 Å². The number of rotatable bonds is 4. The first-order chi connectivity index (χ1) is 8.58. The third-order valence-electron chi connectivity index (χ3n) is 3.28. The zero-order chi connectivity index (χ0) is 13.1. The van der Waals surface area contributed by atoms with Gasteiger partial charge in [0.05, 0.1) is 0 Å². The highest BCUT2D eigenvalue weighted by molar-refractivity contribution is 5.93. The molecule has 0 saturated heterocycles. The maximum absolute atomic E-state index is 11.5. The van der Waals surface area contributed by atoms with Gasteiger partial charge in [0.1, 0.15) is 0 Å². The number of carboxylic acid groups (broad SMARTS) is 1. The van der Waals surface area contributed by atoms with Gasteiger partial charge in [0, 0.05) is 25.6 Å². The van der Waals surface area contributed by atoms with Crippen molar-refractivity contribution in [3.8, 4) is 0 Å². The van der Waals surface area contributed by atoms with E-state index in [1.165, 1.54) is 5.56 Å². The molecule has 0 aromatic heterocycles. The van der Waals surface area contributed by atoms with E-state index in [0.29, 0.717) is 6.42 Å². The Morgan fingerprint density at radius 2 is 2.17 bits per heavy atom. The molecule has 1 aliphatic heterocycles. The molecule has 0 saturated carbocycles. The molecule has 0 radical (unpaired) electrons. The molecule has 1 amide bonds. The van der Waals surface area contributed by atoms with Gasteiger partial charge in [0.25, 0.3) is 0 Å². The maximum atomic E-state index is 11.5. The molecule has 0 bridgehead atoms. The number of benzene rings is 1. The van der Waals surface area contributed by atoms with Crippen molar-refractivity contribution in [1.29, 1.82) is 0 Å². The summed E-state index contributed by atoms with van der Waals surface area (Å²) in [6.45, 7) is 2.33. The molecule has 18 heavy (non-hydrogen) atoms. The van der Waals surface area contributed by atoms with Crippen LogP contribution in [-0.2, 0) is 22.4 Å². The Kier molecular flexibility index (Phi) is 3.65. The van der Waals surface area contributed by atoms with E-state index < -0.39 is 5.97 Å². The second-order valence-corrected chi connectivity index (χ2v) is 4.63. The number of carboxylic acids is 1. The number of anilines is 1. The average molecular weight is 247 g/mol. The number of aliphatic carboxylic acids is 1. The summed E-state index contributed by atoms with van der Waals surface area (Å²) in [6, 6.07) is 6.10. The number of aryl methyl sites for hydroxylation is 1. The molecule has 1 aliphatic rings. The van der Waals surface area contributed by atoms with Crippen LogP contribution < -0.4 is 4.90 Å². The Morgan fingerprint density at radius 3 is 2.83 bits per heavy atom. The minimum atomic E-state index is -0.762. The van der Waals surface area contributed by atoms with Crippen LogP contribution in [0.4, 0.5) is 5.69 Å². The van der Waals surface area contributed by atoms with E-state index in [1.807, 2.05) is 18.2 Å². The van der Waals surface area contributed by atoms with Crippen LogP contribution in [-0.4, -0.2) is 23.5 Å². The zero-order valence-corrected chi connectivity index (χ0v) is 10.5. The molecular formula is C14H17NO3. The molecule has 1 heterocycles. The van der Waals surface area contributed by atoms with Gasteiger partial charge in [-0.25, -0.2) is 0 Å². The standard InChI is InChI=1S/C14H17NO3/c1-10(16)15-8-7-12-6-5-11(9-13(12)15)3-2-4-14(17)18/h5-6,9H,2-4,7-8H2,1H3,(H,17,18). The normalized spacial score (nSPS) is 13.5. The fraction of sp³-hybridized carbons (Fsp3) is 0.429. The first-order valence-electron chi connectivity index (χ1n) is 6.19. The van der Waals surface area contributed by atoms with Gasteiger partial charge in [-0.15, -0.1) is 0 Å². The summed E-state index contributed by atoms with van der Waals surface area (Å²) in [6.07, 6.45) is 2.47. The molecule has 0 spiro atoms. The fourth-order valence-corrected chi connectivity index (χ4v) is 2.35. The van der Waals surface area contributed by atoms with Gasteiger partial charge in [-0.1, -0.05) is 12.1 Å². The lowest BCUT2D eigenvalue weighted by Gasteiger charge is -2.15. The molecular weight excluding hydrogens is 230 g/mol. The third-order valence-corrected chi connectivity index (χ3v) is 3.28. The van der Waals surface area contributed by atoms with Crippen molar-refractivity contribution in [1.82, 2.24) is 0 Å². The summed E-state index contributed by atoms with van der Waals surface area (Å²) in [5, 5.41) is 8.61. The first-order valence-corrected chi connectivity index (χ1v) is 6.19. The molecule has 96 valence electrons. The van der Waals surface area contributed by atoms with Crippen LogP contribution in [0.2, 0.25) is 0 Å². The molecule has 2 rings (SSSR count). The molecule has 0 unspecified atom stereocenters. The summed E-state index contributed by atoms with van der Waals surface area (Å²) in [4.78, 5) is 23.7. The number of carbonyl (C=O) groups is 2. The third kappa shape index (κ3) is 2.70. The number of amides is 1. The molecule has 1 N–H and O–H groups in total. The topological polar surface area (TPSA) is 57.6 Å². The van der Waals surface area contributed by atoms with Crippen LogP contribution in [0, 0.1) is 0 Å². The van der Waals surface area contributed by atoms with E-state index in [0.717, 1.165) is 30.6 Å². The van der Waals surface area contributed by atoms with Gasteiger partial charge in [-0.05, 0) is 36.5 Å². The lowest BCUT2D eigenvalue weighted by molar-refractivity contribution is -0.137. The van der Waals surface area contributed by atoms with E-state index in [4.69, 9.17) is 5.11 Å². The molecule has 0 fully saturated rings. The molecule has 1 aromatic carbocycles. The zero-order valence-electron chi connectivity index (χ0n) is 10.5. The van der Waals surface area contributed by atoms with E-state index >= 15 is 0 Å². The van der Waals surface area contributed by atoms with E-state index in [-0.39, 0.29) is 12.3 Å². The Balaban J connectivity index is 2.09. The Hall–Kier alpha value is -1.84. The van der Waals surface area contributed by atoms with E-state index in [1.54, 1.807) is 11.8 Å². The average Bonchev–Trinajstić information content (AvgIpc) is 2.71. The van der Waals surface area contributed by atoms with Crippen molar-refractivity contribution in [2.45, 2.75) is 32.6 Å². The minimum absolute atomic E-state index is 0.0661. The van der Waals surface area contributed by atoms with Crippen LogP contribution in [0.1, 0.15) is 30.9 Å². The maximum Gasteiger partial charge on any atom is 0.303 e. The molecule has 4 heteroatoms.